The Hall–Kier alpha value is -2.20. The Kier molecular flexibility index (Phi) is 2.57. The fourth-order valence-corrected chi connectivity index (χ4v) is 1.91. The maximum Gasteiger partial charge on any atom is 0.162 e. The Labute approximate surface area is 104 Å². The van der Waals surface area contributed by atoms with E-state index in [1.54, 1.807) is 6.07 Å². The third kappa shape index (κ3) is 1.87. The second kappa shape index (κ2) is 4.23. The minimum absolute atomic E-state index is 0.138. The van der Waals surface area contributed by atoms with E-state index in [0.29, 0.717) is 5.76 Å². The lowest BCUT2D eigenvalue weighted by molar-refractivity contribution is 0.229. The van der Waals surface area contributed by atoms with Crippen LogP contribution in [-0.2, 0) is 6.61 Å². The minimum Gasteiger partial charge on any atom is -0.388 e. The largest absolute Gasteiger partial charge is 0.388 e. The van der Waals surface area contributed by atoms with Crippen molar-refractivity contribution < 1.29 is 9.63 Å². The first-order valence-corrected chi connectivity index (χ1v) is 5.70. The van der Waals surface area contributed by atoms with Crippen molar-refractivity contribution in [1.29, 1.82) is 0 Å². The molecular formula is C14H12N2O2. The van der Waals surface area contributed by atoms with Gasteiger partial charge in [0.05, 0.1) is 5.52 Å². The van der Waals surface area contributed by atoms with Crippen LogP contribution in [0.3, 0.4) is 0 Å². The monoisotopic (exact) mass is 240 g/mol. The summed E-state index contributed by atoms with van der Waals surface area (Å²) in [6.07, 6.45) is 0. The van der Waals surface area contributed by atoms with Crippen LogP contribution in [0.25, 0.3) is 22.2 Å². The highest BCUT2D eigenvalue weighted by Gasteiger charge is 2.06. The van der Waals surface area contributed by atoms with E-state index in [0.717, 1.165) is 27.9 Å². The highest BCUT2D eigenvalue weighted by Crippen LogP contribution is 2.23. The molecule has 2 heterocycles. The Morgan fingerprint density at radius 1 is 1.17 bits per heavy atom. The molecule has 0 unspecified atom stereocenters. The van der Waals surface area contributed by atoms with E-state index < -0.39 is 0 Å². The highest BCUT2D eigenvalue weighted by molar-refractivity contribution is 5.83. The van der Waals surface area contributed by atoms with Gasteiger partial charge < -0.3 is 9.63 Å². The van der Waals surface area contributed by atoms with Gasteiger partial charge in [0.1, 0.15) is 12.3 Å². The summed E-state index contributed by atoms with van der Waals surface area (Å²) in [6, 6.07) is 11.7. The van der Waals surface area contributed by atoms with E-state index in [9.17, 15) is 0 Å². The molecule has 0 bridgehead atoms. The van der Waals surface area contributed by atoms with Gasteiger partial charge in [-0.05, 0) is 25.1 Å². The molecule has 0 spiro atoms. The number of aliphatic hydroxyl groups is 1. The second-order valence-corrected chi connectivity index (χ2v) is 4.20. The zero-order chi connectivity index (χ0) is 12.5. The van der Waals surface area contributed by atoms with Crippen LogP contribution in [0.5, 0.6) is 0 Å². The predicted octanol–water partition coefficient (Wildman–Crippen LogP) is 2.69. The summed E-state index contributed by atoms with van der Waals surface area (Å²) < 4.78 is 4.98. The van der Waals surface area contributed by atoms with Gasteiger partial charge in [0, 0.05) is 22.7 Å². The summed E-state index contributed by atoms with van der Waals surface area (Å²) in [5.74, 6) is 0.465. The zero-order valence-electron chi connectivity index (χ0n) is 9.92. The molecule has 0 atom stereocenters. The molecule has 1 N–H and O–H groups in total. The van der Waals surface area contributed by atoms with Crippen LogP contribution in [-0.4, -0.2) is 15.2 Å². The van der Waals surface area contributed by atoms with E-state index in [1.165, 1.54) is 0 Å². The highest BCUT2D eigenvalue weighted by atomic mass is 16.5. The number of rotatable bonds is 2. The van der Waals surface area contributed by atoms with Crippen molar-refractivity contribution in [1.82, 2.24) is 10.1 Å². The third-order valence-electron chi connectivity index (χ3n) is 2.84. The van der Waals surface area contributed by atoms with Gasteiger partial charge in [0.25, 0.3) is 0 Å². The third-order valence-corrected chi connectivity index (χ3v) is 2.84. The Morgan fingerprint density at radius 2 is 2.06 bits per heavy atom. The van der Waals surface area contributed by atoms with Crippen LogP contribution in [0.15, 0.2) is 40.9 Å². The number of aromatic nitrogens is 2. The van der Waals surface area contributed by atoms with Crippen molar-refractivity contribution in [3.63, 3.8) is 0 Å². The maximum absolute atomic E-state index is 8.96. The van der Waals surface area contributed by atoms with Gasteiger partial charge in [-0.15, -0.1) is 0 Å². The van der Waals surface area contributed by atoms with Gasteiger partial charge in [-0.3, -0.25) is 4.98 Å². The topological polar surface area (TPSA) is 59.2 Å². The fourth-order valence-electron chi connectivity index (χ4n) is 1.91. The summed E-state index contributed by atoms with van der Waals surface area (Å²) >= 11 is 0. The normalized spacial score (nSPS) is 11.0. The minimum atomic E-state index is -0.138. The van der Waals surface area contributed by atoms with Crippen molar-refractivity contribution in [2.24, 2.45) is 0 Å². The molecule has 90 valence electrons. The average molecular weight is 240 g/mol. The van der Waals surface area contributed by atoms with Crippen LogP contribution in [0, 0.1) is 6.92 Å². The average Bonchev–Trinajstić information content (AvgIpc) is 2.87. The molecule has 0 saturated carbocycles. The van der Waals surface area contributed by atoms with Crippen LogP contribution < -0.4 is 0 Å². The van der Waals surface area contributed by atoms with Crippen LogP contribution in [0.2, 0.25) is 0 Å². The smallest absolute Gasteiger partial charge is 0.162 e. The van der Waals surface area contributed by atoms with Gasteiger partial charge in [-0.2, -0.15) is 0 Å². The molecule has 0 aliphatic carbocycles. The number of hydrogen-bond acceptors (Lipinski definition) is 4. The quantitative estimate of drug-likeness (QED) is 0.748. The first-order valence-electron chi connectivity index (χ1n) is 5.70. The molecule has 4 heteroatoms. The molecule has 0 saturated heterocycles. The Balaban J connectivity index is 2.10. The summed E-state index contributed by atoms with van der Waals surface area (Å²) in [6.45, 7) is 1.83. The lowest BCUT2D eigenvalue weighted by Crippen LogP contribution is -1.84. The summed E-state index contributed by atoms with van der Waals surface area (Å²) in [4.78, 5) is 4.45. The molecule has 18 heavy (non-hydrogen) atoms. The van der Waals surface area contributed by atoms with E-state index in [4.69, 9.17) is 9.63 Å². The summed E-state index contributed by atoms with van der Waals surface area (Å²) in [5, 5.41) is 13.9. The van der Waals surface area contributed by atoms with Gasteiger partial charge in [-0.25, -0.2) is 0 Å². The molecule has 3 rings (SSSR count). The first kappa shape index (κ1) is 10.9. The second-order valence-electron chi connectivity index (χ2n) is 4.20. The van der Waals surface area contributed by atoms with E-state index in [2.05, 4.69) is 10.1 Å². The molecule has 2 aromatic heterocycles. The van der Waals surface area contributed by atoms with Crippen LogP contribution >= 0.6 is 0 Å². The van der Waals surface area contributed by atoms with E-state index in [-0.39, 0.29) is 6.61 Å². The van der Waals surface area contributed by atoms with Crippen molar-refractivity contribution >= 4 is 10.9 Å². The Morgan fingerprint density at radius 3 is 2.83 bits per heavy atom. The first-order chi connectivity index (χ1) is 8.76. The van der Waals surface area contributed by atoms with Crippen molar-refractivity contribution in [2.75, 3.05) is 0 Å². The molecule has 3 aromatic rings. The molecule has 0 aliphatic rings. The number of benzene rings is 1. The van der Waals surface area contributed by atoms with Gasteiger partial charge in [0.15, 0.2) is 5.76 Å². The van der Waals surface area contributed by atoms with Gasteiger partial charge in [0.2, 0.25) is 0 Å². The van der Waals surface area contributed by atoms with Gasteiger partial charge in [-0.1, -0.05) is 17.3 Å². The fraction of sp³-hybridized carbons (Fsp3) is 0.143. The number of aryl methyl sites for hydroxylation is 1. The summed E-state index contributed by atoms with van der Waals surface area (Å²) in [7, 11) is 0. The molecule has 4 nitrogen and oxygen atoms in total. The molecule has 0 aliphatic heterocycles. The lowest BCUT2D eigenvalue weighted by atomic mass is 10.1. The number of hydrogen-bond donors (Lipinski definition) is 1. The predicted molar refractivity (Wildman–Crippen MR) is 67.9 cm³/mol. The molecule has 0 fully saturated rings. The van der Waals surface area contributed by atoms with Gasteiger partial charge >= 0.3 is 0 Å². The maximum atomic E-state index is 8.96. The van der Waals surface area contributed by atoms with Crippen LogP contribution in [0.4, 0.5) is 0 Å². The lowest BCUT2D eigenvalue weighted by Gasteiger charge is -2.01. The van der Waals surface area contributed by atoms with Crippen molar-refractivity contribution in [2.45, 2.75) is 13.5 Å². The van der Waals surface area contributed by atoms with Crippen molar-refractivity contribution in [3.05, 3.63) is 47.9 Å². The zero-order valence-corrected chi connectivity index (χ0v) is 9.92. The van der Waals surface area contributed by atoms with Crippen LogP contribution in [0.1, 0.15) is 11.5 Å². The SMILES string of the molecule is Cc1ccc2cc(-c3cc(CO)on3)ccc2n1. The number of nitrogens with zero attached hydrogens (tertiary/aromatic N) is 2. The number of fused-ring (bicyclic) bond motifs is 1. The molecule has 1 aromatic carbocycles. The molecule has 0 amide bonds. The Bertz CT molecular complexity index is 704. The van der Waals surface area contributed by atoms with E-state index >= 15 is 0 Å². The number of pyridine rings is 1. The summed E-state index contributed by atoms with van der Waals surface area (Å²) in [5.41, 5.74) is 3.64. The van der Waals surface area contributed by atoms with Crippen molar-refractivity contribution in [3.8, 4) is 11.3 Å². The van der Waals surface area contributed by atoms with E-state index in [1.807, 2.05) is 37.3 Å². The molecular weight excluding hydrogens is 228 g/mol. The molecule has 0 radical (unpaired) electrons. The number of aliphatic hydroxyl groups excluding tert-OH is 1. The standard InChI is InChI=1S/C14H12N2O2/c1-9-2-3-10-6-11(4-5-13(10)15-9)14-7-12(8-17)18-16-14/h2-7,17H,8H2,1H3.